The summed E-state index contributed by atoms with van der Waals surface area (Å²) in [6, 6.07) is 19.8. The molecule has 200 valence electrons. The van der Waals surface area contributed by atoms with E-state index in [1.807, 2.05) is 43.3 Å². The van der Waals surface area contributed by atoms with Gasteiger partial charge in [0.2, 0.25) is 5.88 Å². The Morgan fingerprint density at radius 1 is 1.00 bits per heavy atom. The quantitative estimate of drug-likeness (QED) is 0.360. The molecule has 0 fully saturated rings. The van der Waals surface area contributed by atoms with Gasteiger partial charge in [-0.1, -0.05) is 51.1 Å². The number of rotatable bonds is 9. The molecule has 0 aliphatic carbocycles. The van der Waals surface area contributed by atoms with E-state index in [9.17, 15) is 9.59 Å². The van der Waals surface area contributed by atoms with Crippen LogP contribution in [0.3, 0.4) is 0 Å². The molecule has 1 aliphatic heterocycles. The van der Waals surface area contributed by atoms with E-state index in [-0.39, 0.29) is 29.8 Å². The van der Waals surface area contributed by atoms with Crippen molar-refractivity contribution < 1.29 is 19.4 Å². The number of carboxylic acid groups (broad SMARTS) is 1. The van der Waals surface area contributed by atoms with Gasteiger partial charge in [-0.15, -0.1) is 0 Å². The number of pyridine rings is 1. The minimum atomic E-state index is -1.04. The Balaban J connectivity index is 1.50. The first-order valence-electron chi connectivity index (χ1n) is 13.2. The second-order valence-electron chi connectivity index (χ2n) is 10.5. The second-order valence-corrected chi connectivity index (χ2v) is 10.5. The molecule has 2 aromatic carbocycles. The van der Waals surface area contributed by atoms with E-state index in [4.69, 9.17) is 9.84 Å². The third-order valence-corrected chi connectivity index (χ3v) is 7.49. The van der Waals surface area contributed by atoms with Crippen LogP contribution in [-0.4, -0.2) is 34.1 Å². The Bertz CT molecular complexity index is 1320. The zero-order valence-corrected chi connectivity index (χ0v) is 22.9. The molecule has 2 unspecified atom stereocenters. The molecule has 4 rings (SSSR count). The van der Waals surface area contributed by atoms with Crippen molar-refractivity contribution in [1.29, 1.82) is 0 Å². The van der Waals surface area contributed by atoms with Gasteiger partial charge in [0.15, 0.2) is 6.10 Å². The number of carbonyl (C=O) groups excluding carboxylic acids is 1. The summed E-state index contributed by atoms with van der Waals surface area (Å²) in [5.41, 5.74) is 5.99. The maximum Gasteiger partial charge on any atom is 0.344 e. The van der Waals surface area contributed by atoms with Gasteiger partial charge in [0, 0.05) is 29.3 Å². The van der Waals surface area contributed by atoms with E-state index < -0.39 is 12.1 Å². The van der Waals surface area contributed by atoms with Crippen molar-refractivity contribution in [1.82, 2.24) is 10.3 Å². The standard InChI is InChI=1S/C31H37N3O4/c1-18(2)23-9-7-10-24(15-23)20(4)32-30(35)25-13-14-28-27(16-25)19(3)21(5)34(28)17-26-11-8-12-29(33-26)38-22(6)31(36)37/h7-16,18-22H,17H2,1-6H3,(H,32,35)(H,36,37)/t19?,20-,21?,22-/m0/s1. The largest absolute Gasteiger partial charge is 0.479 e. The first-order valence-corrected chi connectivity index (χ1v) is 13.2. The van der Waals surface area contributed by atoms with E-state index in [0.717, 1.165) is 22.5 Å². The number of nitrogens with zero attached hydrogens (tertiary/aromatic N) is 2. The van der Waals surface area contributed by atoms with Gasteiger partial charge in [-0.2, -0.15) is 0 Å². The van der Waals surface area contributed by atoms with Crippen LogP contribution < -0.4 is 15.0 Å². The fraction of sp³-hybridized carbons (Fsp3) is 0.387. The molecule has 0 radical (unpaired) electrons. The molecule has 1 aromatic heterocycles. The van der Waals surface area contributed by atoms with E-state index in [1.54, 1.807) is 6.07 Å². The van der Waals surface area contributed by atoms with Gasteiger partial charge >= 0.3 is 5.97 Å². The van der Waals surface area contributed by atoms with Crippen molar-refractivity contribution >= 4 is 17.6 Å². The summed E-state index contributed by atoms with van der Waals surface area (Å²) in [6.45, 7) is 12.7. The summed E-state index contributed by atoms with van der Waals surface area (Å²) in [5.74, 6) is -0.180. The molecule has 2 heterocycles. The molecule has 2 N–H and O–H groups in total. The number of carboxylic acids is 1. The number of carbonyl (C=O) groups is 2. The van der Waals surface area contributed by atoms with Crippen molar-refractivity contribution in [3.63, 3.8) is 0 Å². The maximum atomic E-state index is 13.2. The number of amides is 1. The molecule has 0 saturated heterocycles. The van der Waals surface area contributed by atoms with Gasteiger partial charge in [0.1, 0.15) is 0 Å². The highest BCUT2D eigenvalue weighted by molar-refractivity contribution is 5.95. The van der Waals surface area contributed by atoms with Gasteiger partial charge < -0.3 is 20.1 Å². The predicted molar refractivity (Wildman–Crippen MR) is 149 cm³/mol. The van der Waals surface area contributed by atoms with Crippen molar-refractivity contribution in [3.05, 3.63) is 88.6 Å². The van der Waals surface area contributed by atoms with Gasteiger partial charge in [0.05, 0.1) is 18.3 Å². The van der Waals surface area contributed by atoms with Crippen LogP contribution in [0.5, 0.6) is 5.88 Å². The smallest absolute Gasteiger partial charge is 0.344 e. The number of hydrogen-bond acceptors (Lipinski definition) is 5. The SMILES string of the molecule is CC(C)c1cccc([C@H](C)NC(=O)c2ccc3c(c2)C(C)C(C)N3Cc2cccc(O[C@@H](C)C(=O)O)n2)c1. The predicted octanol–water partition coefficient (Wildman–Crippen LogP) is 6.06. The zero-order chi connectivity index (χ0) is 27.6. The summed E-state index contributed by atoms with van der Waals surface area (Å²) >= 11 is 0. The minimum Gasteiger partial charge on any atom is -0.479 e. The average Bonchev–Trinajstić information content (AvgIpc) is 3.13. The molecule has 1 amide bonds. The van der Waals surface area contributed by atoms with Crippen molar-refractivity contribution in [2.75, 3.05) is 4.90 Å². The fourth-order valence-electron chi connectivity index (χ4n) is 4.87. The van der Waals surface area contributed by atoms with Gasteiger partial charge in [-0.25, -0.2) is 9.78 Å². The molecule has 7 nitrogen and oxygen atoms in total. The average molecular weight is 516 g/mol. The van der Waals surface area contributed by atoms with Crippen LogP contribution >= 0.6 is 0 Å². The summed E-state index contributed by atoms with van der Waals surface area (Å²) < 4.78 is 5.45. The number of aliphatic carboxylic acids is 1. The lowest BCUT2D eigenvalue weighted by Crippen LogP contribution is -2.30. The van der Waals surface area contributed by atoms with E-state index in [2.05, 4.69) is 61.1 Å². The number of fused-ring (bicyclic) bond motifs is 1. The first kappa shape index (κ1) is 27.2. The monoisotopic (exact) mass is 515 g/mol. The summed E-state index contributed by atoms with van der Waals surface area (Å²) in [7, 11) is 0. The second kappa shape index (κ2) is 11.3. The molecular weight excluding hydrogens is 478 g/mol. The molecule has 0 bridgehead atoms. The molecule has 4 atom stereocenters. The van der Waals surface area contributed by atoms with Crippen molar-refractivity contribution in [3.8, 4) is 5.88 Å². The van der Waals surface area contributed by atoms with Crippen molar-refractivity contribution in [2.24, 2.45) is 0 Å². The summed E-state index contributed by atoms with van der Waals surface area (Å²) in [4.78, 5) is 31.1. The Morgan fingerprint density at radius 2 is 1.71 bits per heavy atom. The van der Waals surface area contributed by atoms with E-state index in [0.29, 0.717) is 18.0 Å². The van der Waals surface area contributed by atoms with E-state index in [1.165, 1.54) is 12.5 Å². The minimum absolute atomic E-state index is 0.0902. The molecule has 1 aliphatic rings. The van der Waals surface area contributed by atoms with Crippen LogP contribution in [0.1, 0.15) is 92.2 Å². The highest BCUT2D eigenvalue weighted by Crippen LogP contribution is 2.42. The van der Waals surface area contributed by atoms with Gasteiger partial charge in [-0.3, -0.25) is 4.79 Å². The number of aromatic nitrogens is 1. The Labute approximate surface area is 224 Å². The van der Waals surface area contributed by atoms with Crippen LogP contribution in [0.2, 0.25) is 0 Å². The van der Waals surface area contributed by atoms with E-state index >= 15 is 0 Å². The number of hydrogen-bond donors (Lipinski definition) is 2. The number of benzene rings is 2. The highest BCUT2D eigenvalue weighted by atomic mass is 16.5. The van der Waals surface area contributed by atoms with Crippen LogP contribution in [-0.2, 0) is 11.3 Å². The molecular formula is C31H37N3O4. The molecule has 0 spiro atoms. The maximum absolute atomic E-state index is 13.2. The van der Waals surface area contributed by atoms with Gasteiger partial charge in [-0.05, 0) is 67.6 Å². The van der Waals surface area contributed by atoms with Crippen LogP contribution in [0.4, 0.5) is 5.69 Å². The first-order chi connectivity index (χ1) is 18.0. The fourth-order valence-corrected chi connectivity index (χ4v) is 4.87. The number of ether oxygens (including phenoxy) is 1. The lowest BCUT2D eigenvalue weighted by atomic mass is 9.96. The third-order valence-electron chi connectivity index (χ3n) is 7.49. The summed E-state index contributed by atoms with van der Waals surface area (Å²) in [6.07, 6.45) is -0.976. The topological polar surface area (TPSA) is 91.8 Å². The summed E-state index contributed by atoms with van der Waals surface area (Å²) in [5, 5.41) is 12.3. The highest BCUT2D eigenvalue weighted by Gasteiger charge is 2.33. The zero-order valence-electron chi connectivity index (χ0n) is 22.9. The lowest BCUT2D eigenvalue weighted by molar-refractivity contribution is -0.144. The number of anilines is 1. The molecule has 38 heavy (non-hydrogen) atoms. The lowest BCUT2D eigenvalue weighted by Gasteiger charge is -2.26. The molecule has 7 heteroatoms. The van der Waals surface area contributed by atoms with Crippen LogP contribution in [0.25, 0.3) is 0 Å². The third kappa shape index (κ3) is 5.82. The molecule has 3 aromatic rings. The normalized spacial score (nSPS) is 18.1. The van der Waals surface area contributed by atoms with Crippen LogP contribution in [0, 0.1) is 0 Å². The Hall–Kier alpha value is -3.87. The number of nitrogens with one attached hydrogen (secondary N) is 1. The molecule has 0 saturated carbocycles. The van der Waals surface area contributed by atoms with Gasteiger partial charge in [0.25, 0.3) is 5.91 Å². The van der Waals surface area contributed by atoms with Crippen LogP contribution in [0.15, 0.2) is 60.7 Å². The Morgan fingerprint density at radius 3 is 2.42 bits per heavy atom. The Kier molecular flexibility index (Phi) is 8.05. The van der Waals surface area contributed by atoms with Crippen molar-refractivity contribution in [2.45, 2.75) is 78.1 Å².